The average molecular weight is 273 g/mol. The molecule has 0 fully saturated rings. The van der Waals surface area contributed by atoms with Crippen molar-refractivity contribution in [3.63, 3.8) is 0 Å². The molecule has 100 valence electrons. The number of carbonyl (C=O) groups excluding carboxylic acids is 1. The number of anilines is 1. The van der Waals surface area contributed by atoms with Gasteiger partial charge in [-0.15, -0.1) is 0 Å². The van der Waals surface area contributed by atoms with Gasteiger partial charge in [-0.25, -0.2) is 4.79 Å². The number of hydrogen-bond acceptors (Lipinski definition) is 3. The van der Waals surface area contributed by atoms with Gasteiger partial charge in [0.15, 0.2) is 0 Å². The molecule has 0 spiro atoms. The Labute approximate surface area is 111 Å². The molecule has 1 aromatic carbocycles. The molecular formula is C12H17ClN2O3. The van der Waals surface area contributed by atoms with Gasteiger partial charge in [0.2, 0.25) is 0 Å². The second-order valence-corrected chi connectivity index (χ2v) is 4.32. The molecule has 5 nitrogen and oxygen atoms in total. The molecule has 1 rings (SSSR count). The van der Waals surface area contributed by atoms with E-state index in [1.165, 1.54) is 7.11 Å². The van der Waals surface area contributed by atoms with Crippen molar-refractivity contribution in [1.29, 1.82) is 0 Å². The molecule has 0 aliphatic heterocycles. The van der Waals surface area contributed by atoms with Gasteiger partial charge in [-0.1, -0.05) is 17.7 Å². The molecule has 0 aliphatic rings. The van der Waals surface area contributed by atoms with Crippen molar-refractivity contribution in [3.8, 4) is 0 Å². The molecule has 0 aliphatic carbocycles. The average Bonchev–Trinajstić information content (AvgIpc) is 2.32. The third kappa shape index (κ3) is 4.91. The van der Waals surface area contributed by atoms with Crippen LogP contribution in [0.4, 0.5) is 10.5 Å². The van der Waals surface area contributed by atoms with Crippen molar-refractivity contribution < 1.29 is 14.6 Å². The molecule has 18 heavy (non-hydrogen) atoms. The topological polar surface area (TPSA) is 70.6 Å². The Morgan fingerprint density at radius 2 is 2.28 bits per heavy atom. The molecule has 6 heteroatoms. The first kappa shape index (κ1) is 14.8. The summed E-state index contributed by atoms with van der Waals surface area (Å²) in [5.74, 6) is 0. The monoisotopic (exact) mass is 272 g/mol. The minimum atomic E-state index is -0.720. The largest absolute Gasteiger partial charge is 0.389 e. The van der Waals surface area contributed by atoms with Gasteiger partial charge in [0.25, 0.3) is 0 Å². The number of halogens is 1. The highest BCUT2D eigenvalue weighted by Gasteiger charge is 2.07. The van der Waals surface area contributed by atoms with Crippen LogP contribution in [0.2, 0.25) is 5.02 Å². The number of aliphatic hydroxyl groups excluding tert-OH is 1. The zero-order valence-electron chi connectivity index (χ0n) is 10.4. The highest BCUT2D eigenvalue weighted by molar-refractivity contribution is 6.31. The maximum atomic E-state index is 11.5. The van der Waals surface area contributed by atoms with Gasteiger partial charge in [-0.2, -0.15) is 0 Å². The summed E-state index contributed by atoms with van der Waals surface area (Å²) in [4.78, 5) is 11.5. The van der Waals surface area contributed by atoms with Crippen LogP contribution in [0.15, 0.2) is 18.2 Å². The first-order valence-electron chi connectivity index (χ1n) is 5.51. The highest BCUT2D eigenvalue weighted by atomic mass is 35.5. The van der Waals surface area contributed by atoms with Gasteiger partial charge in [0.1, 0.15) is 0 Å². The number of benzene rings is 1. The van der Waals surface area contributed by atoms with Crippen LogP contribution in [0.25, 0.3) is 0 Å². The van der Waals surface area contributed by atoms with Crippen molar-refractivity contribution in [2.45, 2.75) is 13.0 Å². The Morgan fingerprint density at radius 3 is 2.89 bits per heavy atom. The van der Waals surface area contributed by atoms with Crippen molar-refractivity contribution in [3.05, 3.63) is 28.8 Å². The van der Waals surface area contributed by atoms with E-state index in [2.05, 4.69) is 10.6 Å². The number of nitrogens with one attached hydrogen (secondary N) is 2. The lowest BCUT2D eigenvalue weighted by Gasteiger charge is -2.12. The van der Waals surface area contributed by atoms with Gasteiger partial charge in [0.05, 0.1) is 12.7 Å². The molecule has 0 bridgehead atoms. The zero-order valence-corrected chi connectivity index (χ0v) is 11.1. The maximum absolute atomic E-state index is 11.5. The predicted molar refractivity (Wildman–Crippen MR) is 71.1 cm³/mol. The number of carbonyl (C=O) groups is 1. The first-order chi connectivity index (χ1) is 8.52. The Kier molecular flexibility index (Phi) is 5.91. The SMILES string of the molecule is COCC(O)CNC(=O)Nc1ccc(C)c(Cl)c1. The van der Waals surface area contributed by atoms with Gasteiger partial charge >= 0.3 is 6.03 Å². The van der Waals surface area contributed by atoms with Crippen molar-refractivity contribution in [2.75, 3.05) is 25.6 Å². The number of urea groups is 1. The second-order valence-electron chi connectivity index (χ2n) is 3.91. The summed E-state index contributed by atoms with van der Waals surface area (Å²) in [6, 6.07) is 4.84. The Balaban J connectivity index is 2.42. The van der Waals surface area contributed by atoms with Crippen LogP contribution >= 0.6 is 11.6 Å². The molecule has 0 heterocycles. The highest BCUT2D eigenvalue weighted by Crippen LogP contribution is 2.19. The fourth-order valence-corrected chi connectivity index (χ4v) is 1.49. The quantitative estimate of drug-likeness (QED) is 0.765. The minimum absolute atomic E-state index is 0.124. The molecule has 0 aromatic heterocycles. The van der Waals surface area contributed by atoms with Crippen molar-refractivity contribution in [2.24, 2.45) is 0 Å². The van der Waals surface area contributed by atoms with E-state index < -0.39 is 12.1 Å². The van der Waals surface area contributed by atoms with Crippen molar-refractivity contribution >= 4 is 23.3 Å². The minimum Gasteiger partial charge on any atom is -0.389 e. The normalized spacial score (nSPS) is 12.0. The number of hydrogen-bond donors (Lipinski definition) is 3. The van der Waals surface area contributed by atoms with E-state index in [0.29, 0.717) is 10.7 Å². The summed E-state index contributed by atoms with van der Waals surface area (Å²) in [6.07, 6.45) is -0.720. The van der Waals surface area contributed by atoms with Crippen LogP contribution < -0.4 is 10.6 Å². The van der Waals surface area contributed by atoms with Gasteiger partial charge < -0.3 is 20.5 Å². The Bertz CT molecular complexity index is 412. The summed E-state index contributed by atoms with van der Waals surface area (Å²) in [5, 5.41) is 15.1. The van der Waals surface area contributed by atoms with E-state index in [-0.39, 0.29) is 13.2 Å². The van der Waals surface area contributed by atoms with Gasteiger partial charge in [0, 0.05) is 24.4 Å². The van der Waals surface area contributed by atoms with E-state index in [1.54, 1.807) is 12.1 Å². The molecule has 1 unspecified atom stereocenters. The standard InChI is InChI=1S/C12H17ClN2O3/c1-8-3-4-9(5-11(8)13)15-12(17)14-6-10(16)7-18-2/h3-5,10,16H,6-7H2,1-2H3,(H2,14,15,17). The number of methoxy groups -OCH3 is 1. The number of ether oxygens (including phenoxy) is 1. The number of rotatable bonds is 5. The summed E-state index contributed by atoms with van der Waals surface area (Å²) in [6.45, 7) is 2.18. The Hall–Kier alpha value is -1.30. The maximum Gasteiger partial charge on any atom is 0.319 e. The zero-order chi connectivity index (χ0) is 13.5. The predicted octanol–water partition coefficient (Wildman–Crippen LogP) is 1.78. The van der Waals surface area contributed by atoms with Crippen LogP contribution in [0.1, 0.15) is 5.56 Å². The fourth-order valence-electron chi connectivity index (χ4n) is 1.31. The van der Waals surface area contributed by atoms with Crippen LogP contribution in [-0.4, -0.2) is 37.5 Å². The first-order valence-corrected chi connectivity index (χ1v) is 5.88. The van der Waals surface area contributed by atoms with E-state index in [0.717, 1.165) is 5.56 Å². The van der Waals surface area contributed by atoms with Crippen molar-refractivity contribution in [1.82, 2.24) is 5.32 Å². The van der Waals surface area contributed by atoms with Crippen LogP contribution in [-0.2, 0) is 4.74 Å². The van der Waals surface area contributed by atoms with Crippen LogP contribution in [0.3, 0.4) is 0 Å². The lowest BCUT2D eigenvalue weighted by atomic mass is 10.2. The third-order valence-corrected chi connectivity index (χ3v) is 2.69. The van der Waals surface area contributed by atoms with E-state index in [1.807, 2.05) is 13.0 Å². The summed E-state index contributed by atoms with van der Waals surface area (Å²) < 4.78 is 4.74. The second kappa shape index (κ2) is 7.20. The summed E-state index contributed by atoms with van der Waals surface area (Å²) in [7, 11) is 1.48. The molecule has 0 saturated heterocycles. The number of aliphatic hydroxyl groups is 1. The molecule has 1 atom stereocenters. The number of amides is 2. The van der Waals surface area contributed by atoms with Gasteiger partial charge in [-0.05, 0) is 24.6 Å². The van der Waals surface area contributed by atoms with E-state index in [9.17, 15) is 9.90 Å². The lowest BCUT2D eigenvalue weighted by molar-refractivity contribution is 0.0663. The molecule has 0 radical (unpaired) electrons. The molecular weight excluding hydrogens is 256 g/mol. The van der Waals surface area contributed by atoms with E-state index in [4.69, 9.17) is 16.3 Å². The van der Waals surface area contributed by atoms with E-state index >= 15 is 0 Å². The number of aryl methyl sites for hydroxylation is 1. The molecule has 3 N–H and O–H groups in total. The molecule has 1 aromatic rings. The molecule has 2 amide bonds. The van der Waals surface area contributed by atoms with Crippen LogP contribution in [0, 0.1) is 6.92 Å². The fraction of sp³-hybridized carbons (Fsp3) is 0.417. The summed E-state index contributed by atoms with van der Waals surface area (Å²) >= 11 is 5.94. The Morgan fingerprint density at radius 1 is 1.56 bits per heavy atom. The third-order valence-electron chi connectivity index (χ3n) is 2.29. The smallest absolute Gasteiger partial charge is 0.319 e. The molecule has 0 saturated carbocycles. The van der Waals surface area contributed by atoms with Crippen LogP contribution in [0.5, 0.6) is 0 Å². The van der Waals surface area contributed by atoms with Gasteiger partial charge in [-0.3, -0.25) is 0 Å². The lowest BCUT2D eigenvalue weighted by Crippen LogP contribution is -2.36. The summed E-state index contributed by atoms with van der Waals surface area (Å²) in [5.41, 5.74) is 1.54.